The molecule has 0 aliphatic heterocycles. The molecule has 0 aliphatic rings. The molecule has 2 rings (SSSR count). The van der Waals surface area contributed by atoms with Crippen molar-refractivity contribution < 1.29 is 14.6 Å². The Hall–Kier alpha value is -1.88. The van der Waals surface area contributed by atoms with Gasteiger partial charge in [0.15, 0.2) is 0 Å². The molecule has 0 saturated heterocycles. The van der Waals surface area contributed by atoms with E-state index >= 15 is 0 Å². The number of rotatable bonds is 4. The van der Waals surface area contributed by atoms with Crippen LogP contribution in [0.2, 0.25) is 0 Å². The second-order valence-electron chi connectivity index (χ2n) is 3.04. The maximum atomic E-state index is 10.6. The molecular weight excluding hydrogens is 226 g/mol. The summed E-state index contributed by atoms with van der Waals surface area (Å²) in [5.41, 5.74) is 0.251. The normalized spacial score (nSPS) is 10.0. The summed E-state index contributed by atoms with van der Waals surface area (Å²) in [6.07, 6.45) is 1.72. The summed E-state index contributed by atoms with van der Waals surface area (Å²) in [5.74, 6) is -0.299. The van der Waals surface area contributed by atoms with Crippen LogP contribution in [-0.2, 0) is 6.61 Å². The molecule has 1 aromatic carbocycles. The number of hydrogen-bond donors (Lipinski definition) is 1. The van der Waals surface area contributed by atoms with Crippen molar-refractivity contribution >= 4 is 17.3 Å². The van der Waals surface area contributed by atoms with Crippen molar-refractivity contribution in [2.45, 2.75) is 6.61 Å². The van der Waals surface area contributed by atoms with E-state index in [1.54, 1.807) is 18.3 Å². The molecular formula is C11H9NO3S. The number of hydrogen-bond acceptors (Lipinski definition) is 4. The fourth-order valence-electron chi connectivity index (χ4n) is 1.16. The molecule has 1 aromatic heterocycles. The number of benzene rings is 1. The SMILES string of the molecule is O=C(O)c1ccc(OCc2nccs2)cc1. The molecule has 0 atom stereocenters. The minimum absolute atomic E-state index is 0.251. The Labute approximate surface area is 96.1 Å². The molecule has 0 spiro atoms. The number of ether oxygens (including phenoxy) is 1. The lowest BCUT2D eigenvalue weighted by Gasteiger charge is -2.03. The van der Waals surface area contributed by atoms with Crippen LogP contribution in [0.4, 0.5) is 0 Å². The highest BCUT2D eigenvalue weighted by atomic mass is 32.1. The summed E-state index contributed by atoms with van der Waals surface area (Å²) >= 11 is 1.52. The third-order valence-electron chi connectivity index (χ3n) is 1.95. The lowest BCUT2D eigenvalue weighted by Crippen LogP contribution is -1.97. The Morgan fingerprint density at radius 1 is 1.38 bits per heavy atom. The van der Waals surface area contributed by atoms with Crippen molar-refractivity contribution in [3.63, 3.8) is 0 Å². The van der Waals surface area contributed by atoms with Crippen LogP contribution in [-0.4, -0.2) is 16.1 Å². The molecule has 5 heteroatoms. The Balaban J connectivity index is 1.98. The van der Waals surface area contributed by atoms with Gasteiger partial charge in [-0.15, -0.1) is 11.3 Å². The molecule has 82 valence electrons. The molecule has 1 N–H and O–H groups in total. The fraction of sp³-hybridized carbons (Fsp3) is 0.0909. The molecule has 16 heavy (non-hydrogen) atoms. The van der Waals surface area contributed by atoms with Gasteiger partial charge in [0, 0.05) is 11.6 Å². The van der Waals surface area contributed by atoms with E-state index in [4.69, 9.17) is 9.84 Å². The van der Waals surface area contributed by atoms with Crippen LogP contribution in [0.25, 0.3) is 0 Å². The van der Waals surface area contributed by atoms with E-state index in [1.165, 1.54) is 23.5 Å². The number of nitrogens with zero attached hydrogens (tertiary/aromatic N) is 1. The molecule has 0 bridgehead atoms. The maximum Gasteiger partial charge on any atom is 0.335 e. The van der Waals surface area contributed by atoms with Crippen LogP contribution in [0, 0.1) is 0 Å². The number of aromatic carboxylic acids is 1. The summed E-state index contributed by atoms with van der Waals surface area (Å²) in [6, 6.07) is 6.30. The molecule has 0 saturated carbocycles. The van der Waals surface area contributed by atoms with Crippen LogP contribution in [0.15, 0.2) is 35.8 Å². The number of aromatic nitrogens is 1. The van der Waals surface area contributed by atoms with Gasteiger partial charge in [-0.2, -0.15) is 0 Å². The zero-order valence-corrected chi connectivity index (χ0v) is 9.11. The second-order valence-corrected chi connectivity index (χ2v) is 4.02. The summed E-state index contributed by atoms with van der Waals surface area (Å²) < 4.78 is 5.44. The lowest BCUT2D eigenvalue weighted by molar-refractivity contribution is 0.0697. The average Bonchev–Trinajstić information content (AvgIpc) is 2.80. The summed E-state index contributed by atoms with van der Waals surface area (Å²) in [6.45, 7) is 0.407. The standard InChI is InChI=1S/C11H9NO3S/c13-11(14)8-1-3-9(4-2-8)15-7-10-12-5-6-16-10/h1-6H,7H2,(H,13,14). The largest absolute Gasteiger partial charge is 0.486 e. The summed E-state index contributed by atoms with van der Waals surface area (Å²) in [5, 5.41) is 11.5. The second kappa shape index (κ2) is 4.76. The molecule has 0 amide bonds. The zero-order valence-electron chi connectivity index (χ0n) is 8.29. The smallest absolute Gasteiger partial charge is 0.335 e. The number of carboxylic acids is 1. The van der Waals surface area contributed by atoms with Crippen LogP contribution in [0.5, 0.6) is 5.75 Å². The third-order valence-corrected chi connectivity index (χ3v) is 2.70. The van der Waals surface area contributed by atoms with Crippen LogP contribution < -0.4 is 4.74 Å². The van der Waals surface area contributed by atoms with Gasteiger partial charge in [-0.1, -0.05) is 0 Å². The van der Waals surface area contributed by atoms with E-state index in [-0.39, 0.29) is 5.56 Å². The first-order valence-electron chi connectivity index (χ1n) is 4.60. The highest BCUT2D eigenvalue weighted by Crippen LogP contribution is 2.14. The topological polar surface area (TPSA) is 59.4 Å². The predicted octanol–water partition coefficient (Wildman–Crippen LogP) is 2.42. The van der Waals surface area contributed by atoms with Gasteiger partial charge in [-0.3, -0.25) is 0 Å². The van der Waals surface area contributed by atoms with E-state index in [9.17, 15) is 4.79 Å². The van der Waals surface area contributed by atoms with Gasteiger partial charge in [0.1, 0.15) is 17.4 Å². The molecule has 4 nitrogen and oxygen atoms in total. The van der Waals surface area contributed by atoms with Gasteiger partial charge in [0.05, 0.1) is 5.56 Å². The summed E-state index contributed by atoms with van der Waals surface area (Å²) in [4.78, 5) is 14.7. The molecule has 0 fully saturated rings. The predicted molar refractivity (Wildman–Crippen MR) is 59.8 cm³/mol. The van der Waals surface area contributed by atoms with E-state index in [0.29, 0.717) is 12.4 Å². The van der Waals surface area contributed by atoms with E-state index in [2.05, 4.69) is 4.98 Å². The van der Waals surface area contributed by atoms with Crippen molar-refractivity contribution in [1.82, 2.24) is 4.98 Å². The Morgan fingerprint density at radius 2 is 2.12 bits per heavy atom. The number of thiazole rings is 1. The quantitative estimate of drug-likeness (QED) is 0.884. The first-order valence-corrected chi connectivity index (χ1v) is 5.48. The van der Waals surface area contributed by atoms with Gasteiger partial charge >= 0.3 is 5.97 Å². The molecule has 1 heterocycles. The monoisotopic (exact) mass is 235 g/mol. The molecule has 0 radical (unpaired) electrons. The lowest BCUT2D eigenvalue weighted by atomic mass is 10.2. The van der Waals surface area contributed by atoms with Gasteiger partial charge in [0.2, 0.25) is 0 Å². The van der Waals surface area contributed by atoms with Gasteiger partial charge in [-0.05, 0) is 24.3 Å². The highest BCUT2D eigenvalue weighted by molar-refractivity contribution is 7.09. The number of carbonyl (C=O) groups is 1. The number of carboxylic acid groups (broad SMARTS) is 1. The fourth-order valence-corrected chi connectivity index (χ4v) is 1.69. The van der Waals surface area contributed by atoms with Crippen LogP contribution in [0.3, 0.4) is 0 Å². The van der Waals surface area contributed by atoms with E-state index in [0.717, 1.165) is 5.01 Å². The van der Waals surface area contributed by atoms with E-state index < -0.39 is 5.97 Å². The van der Waals surface area contributed by atoms with Crippen molar-refractivity contribution in [3.8, 4) is 5.75 Å². The first-order chi connectivity index (χ1) is 7.75. The van der Waals surface area contributed by atoms with Gasteiger partial charge in [0.25, 0.3) is 0 Å². The molecule has 0 unspecified atom stereocenters. The van der Waals surface area contributed by atoms with Crippen molar-refractivity contribution in [2.24, 2.45) is 0 Å². The van der Waals surface area contributed by atoms with Crippen molar-refractivity contribution in [1.29, 1.82) is 0 Å². The minimum atomic E-state index is -0.938. The van der Waals surface area contributed by atoms with Crippen LogP contribution in [0.1, 0.15) is 15.4 Å². The Morgan fingerprint density at radius 3 is 2.69 bits per heavy atom. The first kappa shape index (κ1) is 10.6. The molecule has 0 aliphatic carbocycles. The van der Waals surface area contributed by atoms with Crippen molar-refractivity contribution in [2.75, 3.05) is 0 Å². The highest BCUT2D eigenvalue weighted by Gasteiger charge is 2.02. The van der Waals surface area contributed by atoms with Crippen LogP contribution >= 0.6 is 11.3 Å². The maximum absolute atomic E-state index is 10.6. The van der Waals surface area contributed by atoms with Gasteiger partial charge < -0.3 is 9.84 Å². The zero-order chi connectivity index (χ0) is 11.4. The Kier molecular flexibility index (Phi) is 3.16. The summed E-state index contributed by atoms with van der Waals surface area (Å²) in [7, 11) is 0. The third kappa shape index (κ3) is 2.58. The Bertz CT molecular complexity index is 464. The molecule has 2 aromatic rings. The minimum Gasteiger partial charge on any atom is -0.486 e. The van der Waals surface area contributed by atoms with E-state index in [1.807, 2.05) is 5.38 Å². The van der Waals surface area contributed by atoms with Crippen molar-refractivity contribution in [3.05, 3.63) is 46.4 Å². The van der Waals surface area contributed by atoms with Gasteiger partial charge in [-0.25, -0.2) is 9.78 Å². The average molecular weight is 235 g/mol.